The second-order valence-electron chi connectivity index (χ2n) is 23.0. The van der Waals surface area contributed by atoms with Crippen molar-refractivity contribution in [3.8, 4) is 79.0 Å². The van der Waals surface area contributed by atoms with Crippen LogP contribution in [0.4, 0.5) is 0 Å². The lowest BCUT2D eigenvalue weighted by Gasteiger charge is -2.05. The number of hydrogen-bond donors (Lipinski definition) is 0. The van der Waals surface area contributed by atoms with Crippen molar-refractivity contribution in [2.24, 2.45) is 28.2 Å². The van der Waals surface area contributed by atoms with E-state index in [1.54, 1.807) is 0 Å². The Hall–Kier alpha value is -10.8. The lowest BCUT2D eigenvalue weighted by molar-refractivity contribution is -0.640. The van der Waals surface area contributed by atoms with Crippen LogP contribution >= 0.6 is 0 Å². The number of nitrogens with zero attached hydrogens (tertiary/aromatic N) is 5. The third-order valence-corrected chi connectivity index (χ3v) is 17.0. The summed E-state index contributed by atoms with van der Waals surface area (Å²) in [6, 6.07) is 81.8. The van der Waals surface area contributed by atoms with Crippen molar-refractivity contribution in [2.75, 3.05) is 0 Å². The minimum atomic E-state index is 0.797. The molecule has 0 spiro atoms. The Kier molecular flexibility index (Phi) is 16.6. The van der Waals surface area contributed by atoms with Crippen LogP contribution in [0.3, 0.4) is 0 Å². The predicted octanol–water partition coefficient (Wildman–Crippen LogP) is 18.3. The number of furan rings is 3. The maximum atomic E-state index is 6.20. The molecule has 7 aromatic carbocycles. The Morgan fingerprint density at radius 3 is 1.08 bits per heavy atom. The summed E-state index contributed by atoms with van der Waals surface area (Å²) in [5.41, 5.74) is 29.6. The van der Waals surface area contributed by atoms with Crippen LogP contribution in [0.25, 0.3) is 124 Å². The van der Waals surface area contributed by atoms with E-state index in [1.807, 2.05) is 48.0 Å². The fourth-order valence-corrected chi connectivity index (χ4v) is 12.0. The topological polar surface area (TPSA) is 81.0 Å². The fourth-order valence-electron chi connectivity index (χ4n) is 12.0. The molecule has 0 fully saturated rings. The van der Waals surface area contributed by atoms with Crippen LogP contribution in [0.2, 0.25) is 0 Å². The Labute approximate surface area is 520 Å². The molecule has 9 heteroatoms. The van der Waals surface area contributed by atoms with Crippen molar-refractivity contribution in [2.45, 2.75) is 48.5 Å². The second kappa shape index (κ2) is 25.3. The van der Waals surface area contributed by atoms with Gasteiger partial charge in [0.15, 0.2) is 28.7 Å². The molecule has 9 nitrogen and oxygen atoms in total. The highest BCUT2D eigenvalue weighted by Crippen LogP contribution is 2.34. The molecule has 0 atom stereocenters. The molecular weight excluding hydrogens is 1090 g/mol. The van der Waals surface area contributed by atoms with Gasteiger partial charge >= 0.3 is 5.71 Å². The standard InChI is InChI=1S/C23H22NO.C22H20NO.C21H18NO.C14H13N2O/c1-15-8-5-6-11-18(15)19-12-13-21-20(24(19)4)14-22(25-21)23-16(2)9-7-10-17(23)3;1-15-8-10-17(11-9-15)22-14-20-21(24-22)13-12-19(23(20)3)18-7-5-4-6-16(18)2;1-15-8-6-7-11-17(15)18-12-13-20-19(22(18)2)14-21(23-20)16-9-4-3-5-10-16;1-10-5-3-4-6-11(10)13-8-7-12-14(16(13)2)17-9-15-12/h5-14H,1-4H3;4-14H,1-3H3;3-14H,1-2H3;3-9H,1-2H3/q4*+1. The van der Waals surface area contributed by atoms with Crippen LogP contribution in [0, 0.1) is 48.5 Å². The van der Waals surface area contributed by atoms with Gasteiger partial charge in [-0.3, -0.25) is 0 Å². The predicted molar refractivity (Wildman–Crippen MR) is 359 cm³/mol. The molecule has 15 rings (SSSR count). The van der Waals surface area contributed by atoms with Crippen LogP contribution in [0.5, 0.6) is 0 Å². The van der Waals surface area contributed by atoms with Crippen molar-refractivity contribution in [3.05, 3.63) is 282 Å². The van der Waals surface area contributed by atoms with Crippen LogP contribution in [0.15, 0.2) is 261 Å². The van der Waals surface area contributed by atoms with Crippen LogP contribution < -0.4 is 18.3 Å². The highest BCUT2D eigenvalue weighted by Gasteiger charge is 2.24. The summed E-state index contributed by atoms with van der Waals surface area (Å²) in [7, 11) is 8.29. The number of benzene rings is 7. The number of fused-ring (bicyclic) bond motifs is 4. The zero-order chi connectivity index (χ0) is 61.9. The number of rotatable bonds is 7. The van der Waals surface area contributed by atoms with Crippen LogP contribution in [-0.2, 0) is 28.2 Å². The first-order valence-corrected chi connectivity index (χ1v) is 30.1. The quantitative estimate of drug-likeness (QED) is 0.149. The van der Waals surface area contributed by atoms with Gasteiger partial charge in [-0.05, 0) is 130 Å². The van der Waals surface area contributed by atoms with Crippen molar-refractivity contribution < 1.29 is 35.9 Å². The van der Waals surface area contributed by atoms with E-state index in [-0.39, 0.29) is 0 Å². The van der Waals surface area contributed by atoms with E-state index in [9.17, 15) is 0 Å². The molecule has 15 aromatic rings. The smallest absolute Gasteiger partial charge is 0.401 e. The normalized spacial score (nSPS) is 11.1. The Morgan fingerprint density at radius 1 is 0.303 bits per heavy atom. The maximum Gasteiger partial charge on any atom is 0.401 e. The van der Waals surface area contributed by atoms with E-state index in [0.717, 1.165) is 78.6 Å². The maximum absolute atomic E-state index is 6.20. The Balaban J connectivity index is 0.000000116. The van der Waals surface area contributed by atoms with Gasteiger partial charge in [0.2, 0.25) is 22.8 Å². The molecule has 0 aliphatic heterocycles. The lowest BCUT2D eigenvalue weighted by atomic mass is 10.0. The third-order valence-electron chi connectivity index (χ3n) is 17.0. The molecule has 0 unspecified atom stereocenters. The van der Waals surface area contributed by atoms with Crippen LogP contribution in [-0.4, -0.2) is 4.98 Å². The van der Waals surface area contributed by atoms with E-state index in [4.69, 9.17) is 17.7 Å². The van der Waals surface area contributed by atoms with Gasteiger partial charge in [0.1, 0.15) is 45.5 Å². The molecule has 0 N–H and O–H groups in total. The number of aromatic nitrogens is 5. The van der Waals surface area contributed by atoms with Crippen LogP contribution in [0.1, 0.15) is 38.9 Å². The molecule has 438 valence electrons. The number of hydrogen-bond acceptors (Lipinski definition) is 5. The molecule has 0 bridgehead atoms. The molecule has 0 saturated carbocycles. The molecule has 8 heterocycles. The Bertz CT molecular complexity index is 5020. The molecule has 0 aliphatic rings. The first-order valence-electron chi connectivity index (χ1n) is 30.1. The summed E-state index contributed by atoms with van der Waals surface area (Å²) in [4.78, 5) is 4.15. The number of oxazole rings is 1. The Morgan fingerprint density at radius 2 is 0.652 bits per heavy atom. The molecule has 0 radical (unpaired) electrons. The van der Waals surface area contributed by atoms with Gasteiger partial charge in [-0.15, -0.1) is 0 Å². The summed E-state index contributed by atoms with van der Waals surface area (Å²) < 4.78 is 32.4. The van der Waals surface area contributed by atoms with E-state index in [0.29, 0.717) is 0 Å². The molecule has 0 aliphatic carbocycles. The van der Waals surface area contributed by atoms with E-state index >= 15 is 0 Å². The summed E-state index contributed by atoms with van der Waals surface area (Å²) in [6.45, 7) is 14.9. The van der Waals surface area contributed by atoms with Gasteiger partial charge in [-0.25, -0.2) is 4.98 Å². The summed E-state index contributed by atoms with van der Waals surface area (Å²) >= 11 is 0. The highest BCUT2D eigenvalue weighted by atomic mass is 16.4. The molecule has 8 aromatic heterocycles. The van der Waals surface area contributed by atoms with Gasteiger partial charge in [0.05, 0.1) is 18.2 Å². The molecule has 89 heavy (non-hydrogen) atoms. The minimum Gasteiger partial charge on any atom is -0.449 e. The highest BCUT2D eigenvalue weighted by molar-refractivity contribution is 5.82. The lowest BCUT2D eigenvalue weighted by Crippen LogP contribution is -2.31. The van der Waals surface area contributed by atoms with Gasteiger partial charge in [0, 0.05) is 63.2 Å². The molecule has 0 saturated heterocycles. The van der Waals surface area contributed by atoms with Crippen molar-refractivity contribution in [1.82, 2.24) is 4.98 Å². The molecular formula is C80H73N5O4+4. The van der Waals surface area contributed by atoms with E-state index < -0.39 is 0 Å². The number of pyridine rings is 4. The fraction of sp³-hybridized carbons (Fsp3) is 0.138. The van der Waals surface area contributed by atoms with Gasteiger partial charge in [0.25, 0.3) is 16.6 Å². The average Bonchev–Trinajstić information content (AvgIpc) is 3.07. The SMILES string of the molecule is Cc1ccc(-c2cc3c(ccc(-c4ccccc4C)[n+]3C)o2)cc1.Cc1ccccc1-c1ccc2ncoc2[n+]1C.Cc1ccccc1-c1ccc2oc(-c3c(C)cccc3C)cc2[n+]1C.Cc1ccccc1-c1ccc2oc(-c3ccccc3)cc2[n+]1C. The number of aryl methyl sites for hydroxylation is 11. The third kappa shape index (κ3) is 12.0. The van der Waals surface area contributed by atoms with E-state index in [2.05, 4.69) is 288 Å². The van der Waals surface area contributed by atoms with Crippen molar-refractivity contribution >= 4 is 44.5 Å². The zero-order valence-electron chi connectivity index (χ0n) is 52.5. The first kappa shape index (κ1) is 58.6. The first-order chi connectivity index (χ1) is 43.2. The van der Waals surface area contributed by atoms with E-state index in [1.165, 1.54) is 90.2 Å². The minimum absolute atomic E-state index is 0.797. The summed E-state index contributed by atoms with van der Waals surface area (Å²) in [5.74, 6) is 2.74. The summed E-state index contributed by atoms with van der Waals surface area (Å²) in [6.07, 6.45) is 1.48. The zero-order valence-corrected chi connectivity index (χ0v) is 52.5. The van der Waals surface area contributed by atoms with Crippen molar-refractivity contribution in [1.29, 1.82) is 0 Å². The molecule has 0 amide bonds. The van der Waals surface area contributed by atoms with Gasteiger partial charge in [-0.1, -0.05) is 151 Å². The second-order valence-corrected chi connectivity index (χ2v) is 23.0. The monoisotopic (exact) mass is 1170 g/mol. The van der Waals surface area contributed by atoms with Crippen molar-refractivity contribution in [3.63, 3.8) is 0 Å². The van der Waals surface area contributed by atoms with Gasteiger partial charge < -0.3 is 17.7 Å². The van der Waals surface area contributed by atoms with Gasteiger partial charge in [-0.2, -0.15) is 18.3 Å². The largest absolute Gasteiger partial charge is 0.449 e. The summed E-state index contributed by atoms with van der Waals surface area (Å²) in [5, 5.41) is 0. The average molecular weight is 1170 g/mol.